The highest BCUT2D eigenvalue weighted by atomic mass is 35.5. The molecule has 0 aliphatic carbocycles. The first-order valence-corrected chi connectivity index (χ1v) is 8.44. The summed E-state index contributed by atoms with van der Waals surface area (Å²) >= 11 is 5.90. The van der Waals surface area contributed by atoms with Crippen LogP contribution in [0.25, 0.3) is 5.70 Å². The molecule has 2 nitrogen and oxygen atoms in total. The number of benzene rings is 2. The summed E-state index contributed by atoms with van der Waals surface area (Å²) in [5.74, 6) is 0.0195. The van der Waals surface area contributed by atoms with Crippen LogP contribution < -0.4 is 0 Å². The van der Waals surface area contributed by atoms with Crippen LogP contribution in [0.4, 0.5) is 0 Å². The molecule has 23 heavy (non-hydrogen) atoms. The van der Waals surface area contributed by atoms with E-state index in [1.807, 2.05) is 18.2 Å². The molecule has 0 radical (unpaired) electrons. The Morgan fingerprint density at radius 2 is 1.52 bits per heavy atom. The SMILES string of the molecule is O=C(/C=C(\c1ccccc1)N1CCCCC1)c1ccc(Cl)cc1. The number of hydrogen-bond acceptors (Lipinski definition) is 2. The molecule has 2 aromatic rings. The summed E-state index contributed by atoms with van der Waals surface area (Å²) in [6.07, 6.45) is 5.40. The smallest absolute Gasteiger partial charge is 0.187 e. The van der Waals surface area contributed by atoms with Crippen LogP contribution in [-0.4, -0.2) is 23.8 Å². The fraction of sp³-hybridized carbons (Fsp3) is 0.250. The minimum absolute atomic E-state index is 0.0195. The van der Waals surface area contributed by atoms with Gasteiger partial charge in [0.2, 0.25) is 0 Å². The molecule has 0 atom stereocenters. The van der Waals surface area contributed by atoms with E-state index >= 15 is 0 Å². The molecule has 3 rings (SSSR count). The van der Waals surface area contributed by atoms with Gasteiger partial charge < -0.3 is 4.90 Å². The van der Waals surface area contributed by atoms with E-state index in [4.69, 9.17) is 11.6 Å². The molecule has 1 aliphatic rings. The van der Waals surface area contributed by atoms with Gasteiger partial charge in [-0.1, -0.05) is 41.9 Å². The van der Waals surface area contributed by atoms with Crippen molar-refractivity contribution in [3.05, 3.63) is 76.8 Å². The van der Waals surface area contributed by atoms with Crippen LogP contribution in [0.15, 0.2) is 60.7 Å². The molecule has 1 fully saturated rings. The zero-order valence-electron chi connectivity index (χ0n) is 13.0. The number of carbonyl (C=O) groups excluding carboxylic acids is 1. The number of rotatable bonds is 4. The highest BCUT2D eigenvalue weighted by molar-refractivity contribution is 6.30. The second kappa shape index (κ2) is 7.47. The quantitative estimate of drug-likeness (QED) is 0.579. The summed E-state index contributed by atoms with van der Waals surface area (Å²) in [7, 11) is 0. The average molecular weight is 326 g/mol. The molecule has 118 valence electrons. The van der Waals surface area contributed by atoms with E-state index in [9.17, 15) is 4.79 Å². The van der Waals surface area contributed by atoms with Gasteiger partial charge in [-0.15, -0.1) is 0 Å². The predicted octanol–water partition coefficient (Wildman–Crippen LogP) is 5.05. The number of likely N-dealkylation sites (tertiary alicyclic amines) is 1. The van der Waals surface area contributed by atoms with Crippen molar-refractivity contribution in [2.24, 2.45) is 0 Å². The largest absolute Gasteiger partial charge is 0.371 e. The topological polar surface area (TPSA) is 20.3 Å². The summed E-state index contributed by atoms with van der Waals surface area (Å²) in [5.41, 5.74) is 2.78. The number of halogens is 1. The lowest BCUT2D eigenvalue weighted by molar-refractivity contribution is 0.104. The fourth-order valence-corrected chi connectivity index (χ4v) is 3.05. The van der Waals surface area contributed by atoms with E-state index in [-0.39, 0.29) is 5.78 Å². The van der Waals surface area contributed by atoms with Crippen LogP contribution in [0.2, 0.25) is 5.02 Å². The summed E-state index contributed by atoms with van der Waals surface area (Å²) in [5, 5.41) is 0.643. The van der Waals surface area contributed by atoms with E-state index in [0.717, 1.165) is 24.4 Å². The molecule has 1 saturated heterocycles. The van der Waals surface area contributed by atoms with Crippen LogP contribution in [0, 0.1) is 0 Å². The number of hydrogen-bond donors (Lipinski definition) is 0. The van der Waals surface area contributed by atoms with Crippen molar-refractivity contribution in [3.8, 4) is 0 Å². The Morgan fingerprint density at radius 3 is 2.17 bits per heavy atom. The van der Waals surface area contributed by atoms with Gasteiger partial charge in [-0.2, -0.15) is 0 Å². The second-order valence-electron chi connectivity index (χ2n) is 5.81. The second-order valence-corrected chi connectivity index (χ2v) is 6.25. The Balaban J connectivity index is 1.93. The lowest BCUT2D eigenvalue weighted by Crippen LogP contribution is -2.28. The monoisotopic (exact) mass is 325 g/mol. The molecular formula is C20H20ClNO. The zero-order chi connectivity index (χ0) is 16.1. The third-order valence-electron chi connectivity index (χ3n) is 4.16. The number of ketones is 1. The van der Waals surface area contributed by atoms with Gasteiger partial charge in [0, 0.05) is 35.4 Å². The van der Waals surface area contributed by atoms with Gasteiger partial charge in [-0.25, -0.2) is 0 Å². The van der Waals surface area contributed by atoms with Crippen molar-refractivity contribution < 1.29 is 4.79 Å². The lowest BCUT2D eigenvalue weighted by atomic mass is 10.0. The Kier molecular flexibility index (Phi) is 5.14. The van der Waals surface area contributed by atoms with Crippen molar-refractivity contribution in [1.82, 2.24) is 4.90 Å². The van der Waals surface area contributed by atoms with Gasteiger partial charge >= 0.3 is 0 Å². The highest BCUT2D eigenvalue weighted by Crippen LogP contribution is 2.24. The van der Waals surface area contributed by atoms with E-state index < -0.39 is 0 Å². The van der Waals surface area contributed by atoms with E-state index in [2.05, 4.69) is 17.0 Å². The Labute approximate surface area is 142 Å². The van der Waals surface area contributed by atoms with Crippen molar-refractivity contribution in [1.29, 1.82) is 0 Å². The summed E-state index contributed by atoms with van der Waals surface area (Å²) in [6.45, 7) is 2.02. The number of nitrogens with zero attached hydrogens (tertiary/aromatic N) is 1. The van der Waals surface area contributed by atoms with Gasteiger partial charge in [0.25, 0.3) is 0 Å². The molecule has 0 unspecified atom stereocenters. The van der Waals surface area contributed by atoms with Crippen LogP contribution in [0.5, 0.6) is 0 Å². The maximum Gasteiger partial charge on any atom is 0.187 e. The third-order valence-corrected chi connectivity index (χ3v) is 4.41. The Bertz CT molecular complexity index is 685. The van der Waals surface area contributed by atoms with Crippen molar-refractivity contribution in [2.45, 2.75) is 19.3 Å². The first kappa shape index (κ1) is 15.8. The molecule has 0 aromatic heterocycles. The first-order valence-electron chi connectivity index (χ1n) is 8.06. The molecule has 1 heterocycles. The maximum atomic E-state index is 12.6. The van der Waals surface area contributed by atoms with Gasteiger partial charge in [0.1, 0.15) is 0 Å². The van der Waals surface area contributed by atoms with Gasteiger partial charge in [-0.3, -0.25) is 4.79 Å². The summed E-state index contributed by atoms with van der Waals surface area (Å²) in [4.78, 5) is 15.0. The molecule has 0 saturated carbocycles. The standard InChI is InChI=1S/C20H20ClNO/c21-18-11-9-17(10-12-18)20(23)15-19(16-7-3-1-4-8-16)22-13-5-2-6-14-22/h1,3-4,7-12,15H,2,5-6,13-14H2/b19-15+. The average Bonchev–Trinajstić information content (AvgIpc) is 2.61. The van der Waals surface area contributed by atoms with Crippen LogP contribution >= 0.6 is 11.6 Å². The number of carbonyl (C=O) groups is 1. The Hall–Kier alpha value is -2.06. The molecular weight excluding hydrogens is 306 g/mol. The molecule has 0 bridgehead atoms. The van der Waals surface area contributed by atoms with Crippen LogP contribution in [0.1, 0.15) is 35.2 Å². The molecule has 1 aliphatic heterocycles. The van der Waals surface area contributed by atoms with E-state index in [0.29, 0.717) is 10.6 Å². The third kappa shape index (κ3) is 4.02. The van der Waals surface area contributed by atoms with Crippen molar-refractivity contribution in [3.63, 3.8) is 0 Å². The van der Waals surface area contributed by atoms with Gasteiger partial charge in [0.05, 0.1) is 0 Å². The zero-order valence-corrected chi connectivity index (χ0v) is 13.8. The molecule has 3 heteroatoms. The van der Waals surface area contributed by atoms with Gasteiger partial charge in [-0.05, 0) is 49.1 Å². The minimum atomic E-state index is 0.0195. The van der Waals surface area contributed by atoms with Crippen molar-refractivity contribution >= 4 is 23.1 Å². The normalized spacial score (nSPS) is 15.5. The van der Waals surface area contributed by atoms with E-state index in [1.165, 1.54) is 19.3 Å². The van der Waals surface area contributed by atoms with Crippen LogP contribution in [0.3, 0.4) is 0 Å². The molecule has 2 aromatic carbocycles. The number of piperidine rings is 1. The lowest BCUT2D eigenvalue weighted by Gasteiger charge is -2.31. The summed E-state index contributed by atoms with van der Waals surface area (Å²) < 4.78 is 0. The Morgan fingerprint density at radius 1 is 0.870 bits per heavy atom. The maximum absolute atomic E-state index is 12.6. The molecule has 0 amide bonds. The molecule has 0 spiro atoms. The fourth-order valence-electron chi connectivity index (χ4n) is 2.92. The minimum Gasteiger partial charge on any atom is -0.371 e. The summed E-state index contributed by atoms with van der Waals surface area (Å²) in [6, 6.07) is 17.2. The van der Waals surface area contributed by atoms with E-state index in [1.54, 1.807) is 30.3 Å². The van der Waals surface area contributed by atoms with Crippen LogP contribution in [-0.2, 0) is 0 Å². The highest BCUT2D eigenvalue weighted by Gasteiger charge is 2.16. The molecule has 0 N–H and O–H groups in total. The first-order chi connectivity index (χ1) is 11.2. The predicted molar refractivity (Wildman–Crippen MR) is 95.6 cm³/mol. The van der Waals surface area contributed by atoms with Crippen molar-refractivity contribution in [2.75, 3.05) is 13.1 Å². The van der Waals surface area contributed by atoms with Gasteiger partial charge in [0.15, 0.2) is 5.78 Å². The number of allylic oxidation sites excluding steroid dienone is 1.